The van der Waals surface area contributed by atoms with E-state index in [2.05, 4.69) is 48.5 Å². The molecule has 0 saturated heterocycles. The fourth-order valence-electron chi connectivity index (χ4n) is 3.26. The predicted octanol–water partition coefficient (Wildman–Crippen LogP) is 5.57. The number of nitrogens with one attached hydrogen (secondary N) is 1. The fourth-order valence-corrected chi connectivity index (χ4v) is 4.19. The fraction of sp³-hybridized carbons (Fsp3) is 0.522. The minimum absolute atomic E-state index is 0. The molecule has 7 nitrogen and oxygen atoms in total. The highest BCUT2D eigenvalue weighted by Gasteiger charge is 2.19. The number of ether oxygens (including phenoxy) is 1. The number of pyridine rings is 1. The van der Waals surface area contributed by atoms with Gasteiger partial charge in [-0.15, -0.1) is 35.6 Å². The SMILES string of the molecule is C=C(C[C@H](N)C(Cl)Cl)C(=O)Nc1ccc(-c2c(C)nn(COCC[Si](C)(C)C)c2CC)nc1.Cl. The number of nitrogens with two attached hydrogens (primary N) is 1. The Labute approximate surface area is 219 Å². The molecule has 190 valence electrons. The van der Waals surface area contributed by atoms with Crippen LogP contribution in [-0.2, 0) is 22.7 Å². The van der Waals surface area contributed by atoms with E-state index in [-0.39, 0.29) is 24.7 Å². The number of hydrogen-bond donors (Lipinski definition) is 2. The highest BCUT2D eigenvalue weighted by molar-refractivity contribution is 6.76. The zero-order valence-electron chi connectivity index (χ0n) is 20.5. The topological polar surface area (TPSA) is 95.1 Å². The molecule has 0 aliphatic heterocycles. The van der Waals surface area contributed by atoms with Crippen molar-refractivity contribution in [2.45, 2.75) is 70.0 Å². The summed E-state index contributed by atoms with van der Waals surface area (Å²) in [6, 6.07) is 4.24. The summed E-state index contributed by atoms with van der Waals surface area (Å²) in [7, 11) is -1.13. The lowest BCUT2D eigenvalue weighted by molar-refractivity contribution is -0.113. The van der Waals surface area contributed by atoms with Gasteiger partial charge in [-0.3, -0.25) is 9.78 Å². The smallest absolute Gasteiger partial charge is 0.251 e. The van der Waals surface area contributed by atoms with Crippen molar-refractivity contribution in [1.82, 2.24) is 14.8 Å². The Morgan fingerprint density at radius 3 is 2.53 bits per heavy atom. The average molecular weight is 549 g/mol. The standard InChI is InChI=1S/C23H35Cl2N5O2Si.ClH/c1-7-20-21(16(3)29-30(20)14-32-10-11-33(4,5)6)19-9-8-17(13-27-19)28-23(31)15(2)12-18(26)22(24)25;/h8-9,13,18,22H,2,7,10-12,14,26H2,1,3-6H3,(H,28,31);1H/t18-;/m0./s1. The third-order valence-corrected chi connectivity index (χ3v) is 7.53. The Hall–Kier alpha value is -1.42. The highest BCUT2D eigenvalue weighted by Crippen LogP contribution is 2.27. The van der Waals surface area contributed by atoms with Gasteiger partial charge in [-0.1, -0.05) is 33.1 Å². The Bertz CT molecular complexity index is 959. The molecule has 0 saturated carbocycles. The second kappa shape index (κ2) is 13.6. The van der Waals surface area contributed by atoms with E-state index >= 15 is 0 Å². The Balaban J connectivity index is 0.00000578. The van der Waals surface area contributed by atoms with E-state index in [0.717, 1.165) is 41.7 Å². The molecule has 0 spiro atoms. The molecule has 0 bridgehead atoms. The van der Waals surface area contributed by atoms with E-state index in [1.165, 1.54) is 0 Å². The van der Waals surface area contributed by atoms with Crippen molar-refractivity contribution in [3.05, 3.63) is 41.9 Å². The van der Waals surface area contributed by atoms with Gasteiger partial charge in [0.1, 0.15) is 11.6 Å². The van der Waals surface area contributed by atoms with Gasteiger partial charge in [0.25, 0.3) is 5.91 Å². The number of halogens is 3. The van der Waals surface area contributed by atoms with Crippen molar-refractivity contribution in [3.63, 3.8) is 0 Å². The van der Waals surface area contributed by atoms with E-state index in [4.69, 9.17) is 33.7 Å². The third-order valence-electron chi connectivity index (χ3n) is 5.18. The molecule has 2 rings (SSSR count). The Kier molecular flexibility index (Phi) is 12.3. The lowest BCUT2D eigenvalue weighted by atomic mass is 10.1. The van der Waals surface area contributed by atoms with E-state index in [1.807, 2.05) is 17.7 Å². The maximum absolute atomic E-state index is 12.4. The number of carbonyl (C=O) groups is 1. The maximum atomic E-state index is 12.4. The van der Waals surface area contributed by atoms with E-state index < -0.39 is 19.0 Å². The molecule has 2 heterocycles. The van der Waals surface area contributed by atoms with Gasteiger partial charge in [0.05, 0.1) is 29.0 Å². The van der Waals surface area contributed by atoms with Gasteiger partial charge in [-0.2, -0.15) is 5.10 Å². The number of amides is 1. The molecule has 0 unspecified atom stereocenters. The van der Waals surface area contributed by atoms with Gasteiger partial charge in [-0.05, 0) is 37.9 Å². The van der Waals surface area contributed by atoms with Crippen LogP contribution in [0.1, 0.15) is 24.7 Å². The number of anilines is 1. The zero-order valence-corrected chi connectivity index (χ0v) is 23.9. The molecular weight excluding hydrogens is 513 g/mol. The first-order valence-corrected chi connectivity index (χ1v) is 15.6. The lowest BCUT2D eigenvalue weighted by Crippen LogP contribution is -2.30. The molecule has 3 N–H and O–H groups in total. The lowest BCUT2D eigenvalue weighted by Gasteiger charge is -2.16. The van der Waals surface area contributed by atoms with Gasteiger partial charge in [-0.25, -0.2) is 4.68 Å². The minimum atomic E-state index is -1.13. The first-order valence-electron chi connectivity index (χ1n) is 11.1. The molecule has 0 aliphatic carbocycles. The molecule has 0 fully saturated rings. The predicted molar refractivity (Wildman–Crippen MR) is 147 cm³/mol. The van der Waals surface area contributed by atoms with Gasteiger partial charge in [0.2, 0.25) is 0 Å². The van der Waals surface area contributed by atoms with Crippen molar-refractivity contribution in [1.29, 1.82) is 0 Å². The monoisotopic (exact) mass is 547 g/mol. The summed E-state index contributed by atoms with van der Waals surface area (Å²) in [5.74, 6) is -0.345. The summed E-state index contributed by atoms with van der Waals surface area (Å²) >= 11 is 11.5. The molecule has 0 aromatic carbocycles. The van der Waals surface area contributed by atoms with Gasteiger partial charge in [0, 0.05) is 31.9 Å². The molecule has 11 heteroatoms. The van der Waals surface area contributed by atoms with Crippen molar-refractivity contribution >= 4 is 55.3 Å². The molecule has 34 heavy (non-hydrogen) atoms. The van der Waals surface area contributed by atoms with Crippen LogP contribution in [0.25, 0.3) is 11.3 Å². The van der Waals surface area contributed by atoms with E-state index in [0.29, 0.717) is 18.0 Å². The van der Waals surface area contributed by atoms with Gasteiger partial charge >= 0.3 is 0 Å². The normalized spacial score (nSPS) is 12.4. The van der Waals surface area contributed by atoms with E-state index in [9.17, 15) is 4.79 Å². The highest BCUT2D eigenvalue weighted by atomic mass is 35.5. The molecule has 2 aromatic rings. The molecule has 0 radical (unpaired) electrons. The van der Waals surface area contributed by atoms with Crippen molar-refractivity contribution < 1.29 is 9.53 Å². The molecular formula is C23H36Cl3N5O2Si. The van der Waals surface area contributed by atoms with Crippen molar-refractivity contribution in [2.24, 2.45) is 5.73 Å². The zero-order chi connectivity index (χ0) is 24.8. The molecule has 0 aliphatic rings. The number of rotatable bonds is 12. The third kappa shape index (κ3) is 8.98. The molecule has 1 atom stereocenters. The quantitative estimate of drug-likeness (QED) is 0.157. The van der Waals surface area contributed by atoms with Crippen molar-refractivity contribution in [3.8, 4) is 11.3 Å². The van der Waals surface area contributed by atoms with Crippen LogP contribution < -0.4 is 11.1 Å². The first-order chi connectivity index (χ1) is 15.4. The number of hydrogen-bond acceptors (Lipinski definition) is 5. The number of alkyl halides is 2. The molecule has 2 aromatic heterocycles. The van der Waals surface area contributed by atoms with Crippen LogP contribution in [0, 0.1) is 6.92 Å². The van der Waals surface area contributed by atoms with Crippen molar-refractivity contribution in [2.75, 3.05) is 11.9 Å². The summed E-state index contributed by atoms with van der Waals surface area (Å²) in [6.07, 6.45) is 2.62. The Morgan fingerprint density at radius 2 is 2.00 bits per heavy atom. The van der Waals surface area contributed by atoms with Crippen LogP contribution in [0.15, 0.2) is 30.5 Å². The number of nitrogens with zero attached hydrogens (tertiary/aromatic N) is 3. The van der Waals surface area contributed by atoms with Gasteiger partial charge < -0.3 is 15.8 Å². The van der Waals surface area contributed by atoms with Crippen LogP contribution in [0.5, 0.6) is 0 Å². The number of carbonyl (C=O) groups excluding carboxylic acids is 1. The second-order valence-electron chi connectivity index (χ2n) is 9.30. The van der Waals surface area contributed by atoms with Crippen LogP contribution in [0.4, 0.5) is 5.69 Å². The van der Waals surface area contributed by atoms with Crippen LogP contribution in [0.3, 0.4) is 0 Å². The largest absolute Gasteiger partial charge is 0.360 e. The van der Waals surface area contributed by atoms with Gasteiger partial charge in [0.15, 0.2) is 0 Å². The van der Waals surface area contributed by atoms with Crippen LogP contribution >= 0.6 is 35.6 Å². The average Bonchev–Trinajstić information content (AvgIpc) is 3.06. The number of aromatic nitrogens is 3. The van der Waals surface area contributed by atoms with Crippen LogP contribution in [-0.4, -0.2) is 46.2 Å². The van der Waals surface area contributed by atoms with E-state index in [1.54, 1.807) is 12.3 Å². The maximum Gasteiger partial charge on any atom is 0.251 e. The second-order valence-corrected chi connectivity index (χ2v) is 16.1. The summed E-state index contributed by atoms with van der Waals surface area (Å²) in [4.78, 5) is 16.2. The summed E-state index contributed by atoms with van der Waals surface area (Å²) in [5, 5.41) is 7.46. The summed E-state index contributed by atoms with van der Waals surface area (Å²) in [6.45, 7) is 16.0. The summed E-state index contributed by atoms with van der Waals surface area (Å²) < 4.78 is 7.82. The Morgan fingerprint density at radius 1 is 1.32 bits per heavy atom. The first kappa shape index (κ1) is 30.6. The molecule has 1 amide bonds. The van der Waals surface area contributed by atoms with Crippen LogP contribution in [0.2, 0.25) is 25.7 Å². The number of aryl methyl sites for hydroxylation is 1. The summed E-state index contributed by atoms with van der Waals surface area (Å²) in [5.41, 5.74) is 10.4. The minimum Gasteiger partial charge on any atom is -0.360 e.